The lowest BCUT2D eigenvalue weighted by Crippen LogP contribution is -2.15. The Hall–Kier alpha value is -1.31. The number of nitrogens with zero attached hydrogens (tertiary/aromatic N) is 4. The summed E-state index contributed by atoms with van der Waals surface area (Å²) in [6, 6.07) is 5.06. The van der Waals surface area contributed by atoms with Crippen LogP contribution in [0.15, 0.2) is 23.4 Å². The third-order valence-corrected chi connectivity index (χ3v) is 4.16. The van der Waals surface area contributed by atoms with Gasteiger partial charge in [-0.05, 0) is 42.5 Å². The number of rotatable bonds is 5. The Kier molecular flexibility index (Phi) is 5.44. The van der Waals surface area contributed by atoms with E-state index in [1.165, 1.54) is 11.8 Å². The van der Waals surface area contributed by atoms with Gasteiger partial charge in [0.25, 0.3) is 0 Å². The molecule has 1 aromatic heterocycles. The molecule has 0 unspecified atom stereocenters. The largest absolute Gasteiger partial charge is 0.325 e. The Morgan fingerprint density at radius 1 is 1.38 bits per heavy atom. The number of thioether (sulfide) groups is 1. The number of aromatic nitrogens is 4. The molecule has 21 heavy (non-hydrogen) atoms. The Morgan fingerprint density at radius 2 is 2.14 bits per heavy atom. The standard InChI is InChI=1S/C12H13Cl2N5OS/c1-7(2)19-12(16-17-18-19)21-6-11(20)15-8-3-4-9(13)10(14)5-8/h3-5,7H,6H2,1-2H3,(H,15,20). The molecule has 0 aliphatic rings. The highest BCUT2D eigenvalue weighted by Crippen LogP contribution is 2.25. The quantitative estimate of drug-likeness (QED) is 0.841. The summed E-state index contributed by atoms with van der Waals surface area (Å²) in [6.07, 6.45) is 0. The van der Waals surface area contributed by atoms with Crippen molar-refractivity contribution in [3.05, 3.63) is 28.2 Å². The molecule has 0 saturated heterocycles. The van der Waals surface area contributed by atoms with Gasteiger partial charge in [0.05, 0.1) is 21.8 Å². The van der Waals surface area contributed by atoms with Crippen molar-refractivity contribution in [3.63, 3.8) is 0 Å². The summed E-state index contributed by atoms with van der Waals surface area (Å²) < 4.78 is 1.66. The fourth-order valence-corrected chi connectivity index (χ4v) is 2.61. The number of carbonyl (C=O) groups excluding carboxylic acids is 1. The van der Waals surface area contributed by atoms with E-state index in [0.29, 0.717) is 20.9 Å². The molecule has 6 nitrogen and oxygen atoms in total. The Labute approximate surface area is 136 Å². The van der Waals surface area contributed by atoms with E-state index in [0.717, 1.165) is 0 Å². The summed E-state index contributed by atoms with van der Waals surface area (Å²) >= 11 is 13.0. The van der Waals surface area contributed by atoms with Crippen molar-refractivity contribution in [1.82, 2.24) is 20.2 Å². The van der Waals surface area contributed by atoms with Crippen LogP contribution in [0.5, 0.6) is 0 Å². The van der Waals surface area contributed by atoms with Crippen LogP contribution in [-0.4, -0.2) is 31.9 Å². The zero-order chi connectivity index (χ0) is 15.4. The third kappa shape index (κ3) is 4.33. The normalized spacial score (nSPS) is 10.9. The number of anilines is 1. The highest BCUT2D eigenvalue weighted by molar-refractivity contribution is 7.99. The van der Waals surface area contributed by atoms with Gasteiger partial charge in [0.1, 0.15) is 0 Å². The fraction of sp³-hybridized carbons (Fsp3) is 0.333. The SMILES string of the molecule is CC(C)n1nnnc1SCC(=O)Nc1ccc(Cl)c(Cl)c1. The molecule has 1 aromatic carbocycles. The summed E-state index contributed by atoms with van der Waals surface area (Å²) in [5.74, 6) is 0.0320. The molecule has 9 heteroatoms. The van der Waals surface area contributed by atoms with Crippen LogP contribution in [0.3, 0.4) is 0 Å². The summed E-state index contributed by atoms with van der Waals surface area (Å²) in [4.78, 5) is 11.9. The molecule has 2 rings (SSSR count). The van der Waals surface area contributed by atoms with Crippen molar-refractivity contribution in [2.24, 2.45) is 0 Å². The van der Waals surface area contributed by atoms with Gasteiger partial charge in [0, 0.05) is 5.69 Å². The van der Waals surface area contributed by atoms with Crippen molar-refractivity contribution >= 4 is 46.6 Å². The zero-order valence-corrected chi connectivity index (χ0v) is 13.7. The van der Waals surface area contributed by atoms with Gasteiger partial charge in [-0.2, -0.15) is 0 Å². The number of halogens is 2. The van der Waals surface area contributed by atoms with E-state index in [9.17, 15) is 4.79 Å². The third-order valence-electron chi connectivity index (χ3n) is 2.49. The summed E-state index contributed by atoms with van der Waals surface area (Å²) in [6.45, 7) is 3.94. The number of benzene rings is 1. The molecule has 2 aromatic rings. The minimum absolute atomic E-state index is 0.139. The number of hydrogen-bond acceptors (Lipinski definition) is 5. The minimum atomic E-state index is -0.170. The van der Waals surface area contributed by atoms with Crippen molar-refractivity contribution < 1.29 is 4.79 Å². The second kappa shape index (κ2) is 7.11. The van der Waals surface area contributed by atoms with Gasteiger partial charge in [0.2, 0.25) is 11.1 Å². The first-order valence-corrected chi connectivity index (χ1v) is 7.87. The molecule has 0 aliphatic heterocycles. The smallest absolute Gasteiger partial charge is 0.234 e. The molecule has 0 aliphatic carbocycles. The number of amides is 1. The van der Waals surface area contributed by atoms with Crippen LogP contribution in [0.4, 0.5) is 5.69 Å². The second-order valence-corrected chi connectivity index (χ2v) is 6.22. The molecule has 0 fully saturated rings. The van der Waals surface area contributed by atoms with E-state index in [2.05, 4.69) is 20.8 Å². The van der Waals surface area contributed by atoms with Crippen molar-refractivity contribution in [3.8, 4) is 0 Å². The monoisotopic (exact) mass is 345 g/mol. The van der Waals surface area contributed by atoms with E-state index in [-0.39, 0.29) is 17.7 Å². The summed E-state index contributed by atoms with van der Waals surface area (Å²) in [5.41, 5.74) is 0.596. The molecule has 0 radical (unpaired) electrons. The van der Waals surface area contributed by atoms with Crippen molar-refractivity contribution in [2.75, 3.05) is 11.1 Å². The zero-order valence-electron chi connectivity index (χ0n) is 11.4. The first-order valence-electron chi connectivity index (χ1n) is 6.13. The predicted molar refractivity (Wildman–Crippen MR) is 84.0 cm³/mol. The minimum Gasteiger partial charge on any atom is -0.325 e. The van der Waals surface area contributed by atoms with Gasteiger partial charge in [0.15, 0.2) is 0 Å². The molecular formula is C12H13Cl2N5OS. The number of hydrogen-bond donors (Lipinski definition) is 1. The lowest BCUT2D eigenvalue weighted by molar-refractivity contribution is -0.113. The molecule has 0 atom stereocenters. The number of nitrogens with one attached hydrogen (secondary N) is 1. The summed E-state index contributed by atoms with van der Waals surface area (Å²) in [5, 5.41) is 15.5. The van der Waals surface area contributed by atoms with Crippen molar-refractivity contribution in [2.45, 2.75) is 25.0 Å². The average Bonchev–Trinajstić information content (AvgIpc) is 2.89. The van der Waals surface area contributed by atoms with Gasteiger partial charge < -0.3 is 5.32 Å². The van der Waals surface area contributed by atoms with Gasteiger partial charge in [-0.3, -0.25) is 4.79 Å². The van der Waals surface area contributed by atoms with E-state index in [1.54, 1.807) is 22.9 Å². The maximum atomic E-state index is 11.9. The van der Waals surface area contributed by atoms with Gasteiger partial charge in [-0.25, -0.2) is 4.68 Å². The van der Waals surface area contributed by atoms with Crippen LogP contribution < -0.4 is 5.32 Å². The number of carbonyl (C=O) groups is 1. The topological polar surface area (TPSA) is 72.7 Å². The fourth-order valence-electron chi connectivity index (χ4n) is 1.51. The maximum absolute atomic E-state index is 11.9. The first-order chi connectivity index (χ1) is 9.97. The van der Waals surface area contributed by atoms with Crippen LogP contribution >= 0.6 is 35.0 Å². The molecule has 1 amide bonds. The summed E-state index contributed by atoms with van der Waals surface area (Å²) in [7, 11) is 0. The van der Waals surface area contributed by atoms with Gasteiger partial charge in [-0.1, -0.05) is 35.0 Å². The Bertz CT molecular complexity index is 646. The van der Waals surface area contributed by atoms with Gasteiger partial charge >= 0.3 is 0 Å². The lowest BCUT2D eigenvalue weighted by atomic mass is 10.3. The van der Waals surface area contributed by atoms with Crippen molar-refractivity contribution in [1.29, 1.82) is 0 Å². The predicted octanol–water partition coefficient (Wildman–Crippen LogP) is 3.29. The number of tetrazole rings is 1. The van der Waals surface area contributed by atoms with Crippen LogP contribution in [-0.2, 0) is 4.79 Å². The second-order valence-electron chi connectivity index (χ2n) is 4.47. The lowest BCUT2D eigenvalue weighted by Gasteiger charge is -2.08. The molecule has 112 valence electrons. The van der Waals surface area contributed by atoms with Crippen LogP contribution in [0, 0.1) is 0 Å². The van der Waals surface area contributed by atoms with E-state index in [4.69, 9.17) is 23.2 Å². The Morgan fingerprint density at radius 3 is 2.81 bits per heavy atom. The first kappa shape index (κ1) is 16.1. The van der Waals surface area contributed by atoms with E-state index >= 15 is 0 Å². The Balaban J connectivity index is 1.93. The van der Waals surface area contributed by atoms with Crippen LogP contribution in [0.25, 0.3) is 0 Å². The maximum Gasteiger partial charge on any atom is 0.234 e. The molecule has 1 N–H and O–H groups in total. The molecule has 0 spiro atoms. The molecule has 1 heterocycles. The van der Waals surface area contributed by atoms with Crippen LogP contribution in [0.1, 0.15) is 19.9 Å². The van der Waals surface area contributed by atoms with Gasteiger partial charge in [-0.15, -0.1) is 5.10 Å². The molecule has 0 saturated carbocycles. The van der Waals surface area contributed by atoms with Crippen LogP contribution in [0.2, 0.25) is 10.0 Å². The average molecular weight is 346 g/mol. The highest BCUT2D eigenvalue weighted by atomic mass is 35.5. The molecular weight excluding hydrogens is 333 g/mol. The highest BCUT2D eigenvalue weighted by Gasteiger charge is 2.12. The molecule has 0 bridgehead atoms. The van der Waals surface area contributed by atoms with E-state index in [1.807, 2.05) is 13.8 Å². The van der Waals surface area contributed by atoms with E-state index < -0.39 is 0 Å².